The third-order valence-corrected chi connectivity index (χ3v) is 7.67. The van der Waals surface area contributed by atoms with E-state index in [1.807, 2.05) is 48.5 Å². The number of aromatic nitrogens is 6. The Bertz CT molecular complexity index is 1330. The van der Waals surface area contributed by atoms with E-state index in [0.29, 0.717) is 36.8 Å². The summed E-state index contributed by atoms with van der Waals surface area (Å²) in [5, 5.41) is 19.2. The summed E-state index contributed by atoms with van der Waals surface area (Å²) in [6.07, 6.45) is 8.64. The largest absolute Gasteiger partial charge is 0.299 e. The van der Waals surface area contributed by atoms with Gasteiger partial charge in [0.1, 0.15) is 21.6 Å². The molecule has 9 heteroatoms. The number of hydrogen-bond donors (Lipinski definition) is 0. The van der Waals surface area contributed by atoms with E-state index in [4.69, 9.17) is 0 Å². The molecule has 1 aliphatic carbocycles. The fourth-order valence-electron chi connectivity index (χ4n) is 4.78. The van der Waals surface area contributed by atoms with Gasteiger partial charge in [0.05, 0.1) is 24.2 Å². The zero-order chi connectivity index (χ0) is 25.5. The quantitative estimate of drug-likeness (QED) is 0.297. The fraction of sp³-hybridized carbons (Fsp3) is 0.357. The van der Waals surface area contributed by atoms with Crippen LogP contribution in [0, 0.1) is 5.92 Å². The Morgan fingerprint density at radius 1 is 0.703 bits per heavy atom. The molecule has 4 aromatic heterocycles. The Morgan fingerprint density at radius 2 is 1.35 bits per heavy atom. The standard InChI is InChI=1S/C28H28N6O2S/c35-25(15-21-5-1-3-11-29-21)17-24-10-9-23(31-32-24)14-19-7-8-20(13-19)28-34-33-27(37-28)18-26(36)16-22-6-2-4-12-30-22/h1-6,9-12,19-20H,7-8,13-18H2. The molecule has 4 aromatic rings. The number of carbonyl (C=O) groups excluding carboxylic acids is 2. The maximum Gasteiger partial charge on any atom is 0.145 e. The minimum absolute atomic E-state index is 0.0780. The van der Waals surface area contributed by atoms with E-state index in [2.05, 4.69) is 30.4 Å². The summed E-state index contributed by atoms with van der Waals surface area (Å²) in [7, 11) is 0. The number of ketones is 2. The molecule has 0 radical (unpaired) electrons. The minimum atomic E-state index is 0.0780. The Labute approximate surface area is 219 Å². The third-order valence-electron chi connectivity index (χ3n) is 6.58. The Balaban J connectivity index is 1.08. The molecule has 0 aromatic carbocycles. The van der Waals surface area contributed by atoms with Crippen LogP contribution < -0.4 is 0 Å². The van der Waals surface area contributed by atoms with Gasteiger partial charge >= 0.3 is 0 Å². The molecule has 0 aliphatic heterocycles. The number of Topliss-reactive ketones (excluding diaryl/α,β-unsaturated/α-hetero) is 2. The summed E-state index contributed by atoms with van der Waals surface area (Å²) < 4.78 is 0. The van der Waals surface area contributed by atoms with Gasteiger partial charge in [-0.1, -0.05) is 12.1 Å². The van der Waals surface area contributed by atoms with Gasteiger partial charge in [-0.2, -0.15) is 10.2 Å². The fourth-order valence-corrected chi connectivity index (χ4v) is 5.80. The van der Waals surface area contributed by atoms with Crippen molar-refractivity contribution < 1.29 is 9.59 Å². The molecule has 1 aliphatic rings. The number of nitrogens with zero attached hydrogens (tertiary/aromatic N) is 6. The first-order valence-corrected chi connectivity index (χ1v) is 13.4. The van der Waals surface area contributed by atoms with Gasteiger partial charge in [0.25, 0.3) is 0 Å². The van der Waals surface area contributed by atoms with Crippen LogP contribution >= 0.6 is 11.3 Å². The first kappa shape index (κ1) is 25.0. The molecule has 0 N–H and O–H groups in total. The Hall–Kier alpha value is -3.72. The van der Waals surface area contributed by atoms with Crippen molar-refractivity contribution in [2.45, 2.75) is 57.3 Å². The number of rotatable bonds is 11. The molecule has 1 fully saturated rings. The van der Waals surface area contributed by atoms with Crippen molar-refractivity contribution in [2.75, 3.05) is 0 Å². The molecule has 0 amide bonds. The van der Waals surface area contributed by atoms with Crippen molar-refractivity contribution in [1.29, 1.82) is 0 Å². The van der Waals surface area contributed by atoms with Gasteiger partial charge in [-0.25, -0.2) is 0 Å². The van der Waals surface area contributed by atoms with Gasteiger partial charge in [0, 0.05) is 42.5 Å². The van der Waals surface area contributed by atoms with Crippen LogP contribution in [0.4, 0.5) is 0 Å². The average molecular weight is 513 g/mol. The van der Waals surface area contributed by atoms with Gasteiger partial charge < -0.3 is 0 Å². The molecule has 0 bridgehead atoms. The van der Waals surface area contributed by atoms with Crippen LogP contribution in [0.2, 0.25) is 0 Å². The zero-order valence-corrected chi connectivity index (χ0v) is 21.3. The lowest BCUT2D eigenvalue weighted by Crippen LogP contribution is -2.10. The number of carbonyl (C=O) groups is 2. The lowest BCUT2D eigenvalue weighted by atomic mass is 9.99. The molecular weight excluding hydrogens is 484 g/mol. The van der Waals surface area contributed by atoms with Crippen LogP contribution in [0.3, 0.4) is 0 Å². The maximum absolute atomic E-state index is 12.4. The highest BCUT2D eigenvalue weighted by Gasteiger charge is 2.29. The smallest absolute Gasteiger partial charge is 0.145 e. The van der Waals surface area contributed by atoms with Gasteiger partial charge in [-0.05, 0) is 68.0 Å². The summed E-state index contributed by atoms with van der Waals surface area (Å²) in [6.45, 7) is 0. The second-order valence-corrected chi connectivity index (χ2v) is 10.7. The molecule has 4 heterocycles. The molecule has 2 unspecified atom stereocenters. The van der Waals surface area contributed by atoms with Crippen LogP contribution in [-0.2, 0) is 41.7 Å². The van der Waals surface area contributed by atoms with E-state index >= 15 is 0 Å². The first-order valence-electron chi connectivity index (χ1n) is 12.6. The lowest BCUT2D eigenvalue weighted by Gasteiger charge is -2.09. The summed E-state index contributed by atoms with van der Waals surface area (Å²) in [4.78, 5) is 33.1. The molecular formula is C28H28N6O2S. The van der Waals surface area contributed by atoms with E-state index in [0.717, 1.165) is 52.8 Å². The molecule has 1 saturated carbocycles. The van der Waals surface area contributed by atoms with Crippen LogP contribution in [0.1, 0.15) is 58.0 Å². The third kappa shape index (κ3) is 7.16. The SMILES string of the molecule is O=C(Cc1ccccn1)Cc1ccc(CC2CCC(c3nnc(CC(=O)Cc4ccccn4)s3)C2)nn1. The lowest BCUT2D eigenvalue weighted by molar-refractivity contribution is -0.118. The monoisotopic (exact) mass is 512 g/mol. The normalized spacial score (nSPS) is 17.1. The van der Waals surface area contributed by atoms with Crippen molar-refractivity contribution in [1.82, 2.24) is 30.4 Å². The van der Waals surface area contributed by atoms with Crippen molar-refractivity contribution >= 4 is 22.9 Å². The van der Waals surface area contributed by atoms with Crippen LogP contribution in [0.25, 0.3) is 0 Å². The molecule has 37 heavy (non-hydrogen) atoms. The van der Waals surface area contributed by atoms with Crippen molar-refractivity contribution in [3.8, 4) is 0 Å². The van der Waals surface area contributed by atoms with E-state index in [1.165, 1.54) is 0 Å². The first-order chi connectivity index (χ1) is 18.1. The van der Waals surface area contributed by atoms with Gasteiger partial charge in [0.15, 0.2) is 0 Å². The van der Waals surface area contributed by atoms with Crippen molar-refractivity contribution in [2.24, 2.45) is 5.92 Å². The minimum Gasteiger partial charge on any atom is -0.299 e. The summed E-state index contributed by atoms with van der Waals surface area (Å²) >= 11 is 1.56. The van der Waals surface area contributed by atoms with Crippen molar-refractivity contribution in [3.63, 3.8) is 0 Å². The van der Waals surface area contributed by atoms with Crippen LogP contribution in [0.5, 0.6) is 0 Å². The molecule has 0 spiro atoms. The van der Waals surface area contributed by atoms with E-state index in [1.54, 1.807) is 23.7 Å². The molecule has 0 saturated heterocycles. The molecule has 8 nitrogen and oxygen atoms in total. The second kappa shape index (κ2) is 12.0. The summed E-state index contributed by atoms with van der Waals surface area (Å²) in [5.74, 6) is 1.06. The average Bonchev–Trinajstić information content (AvgIpc) is 3.56. The van der Waals surface area contributed by atoms with Crippen LogP contribution in [0.15, 0.2) is 60.9 Å². The van der Waals surface area contributed by atoms with E-state index in [-0.39, 0.29) is 18.0 Å². The number of pyridine rings is 2. The highest BCUT2D eigenvalue weighted by molar-refractivity contribution is 7.11. The Morgan fingerprint density at radius 3 is 2.00 bits per heavy atom. The highest BCUT2D eigenvalue weighted by Crippen LogP contribution is 2.40. The number of hydrogen-bond acceptors (Lipinski definition) is 9. The zero-order valence-electron chi connectivity index (χ0n) is 20.5. The van der Waals surface area contributed by atoms with Crippen LogP contribution in [-0.4, -0.2) is 41.9 Å². The van der Waals surface area contributed by atoms with Gasteiger partial charge in [-0.3, -0.25) is 19.6 Å². The second-order valence-electron chi connectivity index (χ2n) is 9.56. The maximum atomic E-state index is 12.4. The van der Waals surface area contributed by atoms with E-state index < -0.39 is 0 Å². The Kier molecular flexibility index (Phi) is 8.10. The molecule has 188 valence electrons. The summed E-state index contributed by atoms with van der Waals surface area (Å²) in [5.41, 5.74) is 3.19. The predicted molar refractivity (Wildman–Crippen MR) is 139 cm³/mol. The van der Waals surface area contributed by atoms with Gasteiger partial charge in [-0.15, -0.1) is 21.5 Å². The van der Waals surface area contributed by atoms with E-state index in [9.17, 15) is 9.59 Å². The van der Waals surface area contributed by atoms with Gasteiger partial charge in [0.2, 0.25) is 0 Å². The highest BCUT2D eigenvalue weighted by atomic mass is 32.1. The molecule has 5 rings (SSSR count). The topological polar surface area (TPSA) is 111 Å². The predicted octanol–water partition coefficient (Wildman–Crippen LogP) is 3.95. The summed E-state index contributed by atoms with van der Waals surface area (Å²) in [6, 6.07) is 15.1. The van der Waals surface area contributed by atoms with Crippen molar-refractivity contribution in [3.05, 3.63) is 93.7 Å². The molecule has 2 atom stereocenters.